The predicted octanol–water partition coefficient (Wildman–Crippen LogP) is 0.203. The van der Waals surface area contributed by atoms with Gasteiger partial charge in [0.2, 0.25) is 0 Å². The van der Waals surface area contributed by atoms with Gasteiger partial charge in [0.15, 0.2) is 11.6 Å². The Morgan fingerprint density at radius 1 is 0.722 bits per heavy atom. The number of nitrogens with one attached hydrogen (secondary N) is 2. The second-order valence-corrected chi connectivity index (χ2v) is 7.96. The summed E-state index contributed by atoms with van der Waals surface area (Å²) in [4.78, 5) is 24.0. The Balaban J connectivity index is 0.00000612. The number of carbonyl (C=O) groups is 2. The van der Waals surface area contributed by atoms with Crippen LogP contribution in [0, 0.1) is 0 Å². The quantitative estimate of drug-likeness (QED) is 0.113. The average Bonchev–Trinajstić information content (AvgIpc) is 2.82. The molecule has 10 heteroatoms. The third kappa shape index (κ3) is 12.0. The molecule has 0 radical (unpaired) electrons. The molecular formula is C26H36GaIN4O4. The number of allylic oxidation sites excluding steroid dienone is 8. The molecule has 2 N–H and O–H groups in total. The van der Waals surface area contributed by atoms with Crippen LogP contribution in [0.2, 0.25) is 0 Å². The van der Waals surface area contributed by atoms with Crippen LogP contribution in [0.4, 0.5) is 0 Å². The van der Waals surface area contributed by atoms with Crippen molar-refractivity contribution in [2.24, 2.45) is 0 Å². The Labute approximate surface area is 245 Å². The zero-order chi connectivity index (χ0) is 24.8. The van der Waals surface area contributed by atoms with E-state index in [1.165, 1.54) is 12.2 Å². The van der Waals surface area contributed by atoms with Crippen LogP contribution in [-0.4, -0.2) is 84.8 Å². The predicted molar refractivity (Wildman–Crippen MR) is 141 cm³/mol. The fourth-order valence-corrected chi connectivity index (χ4v) is 3.36. The van der Waals surface area contributed by atoms with Gasteiger partial charge < -0.3 is 54.7 Å². The third-order valence-corrected chi connectivity index (χ3v) is 5.26. The standard InChI is InChI=1S/C26H36N4O4.Ga.HI/c1-19-13-21(23(31)15-25(19)33-3)17-29-9-5-7-27-11-12-28-8-6-10-30-18-22-14-20(2)26(34-4)16-24(22)32;;/h13-18,29-30H,5-12H2,1-4H3;;1H/q-2;+3;/p-1/b21-17-,22-18+;;/i;1-3;. The zero-order valence-corrected chi connectivity index (χ0v) is 26.2. The monoisotopic (exact) mass is 662 g/mol. The van der Waals surface area contributed by atoms with Gasteiger partial charge in [-0.15, -0.1) is 13.1 Å². The Hall–Kier alpha value is -1.73. The van der Waals surface area contributed by atoms with E-state index in [-0.39, 0.29) is 55.3 Å². The topological polar surface area (TPSA) is 105 Å². The minimum Gasteiger partial charge on any atom is -1.00 e. The minimum atomic E-state index is -0.0553. The van der Waals surface area contributed by atoms with Crippen LogP contribution in [0.15, 0.2) is 70.5 Å². The number of nitrogens with zero attached hydrogens (tertiary/aromatic N) is 2. The van der Waals surface area contributed by atoms with E-state index >= 15 is 0 Å². The van der Waals surface area contributed by atoms with Gasteiger partial charge in [-0.25, -0.2) is 0 Å². The number of hydrogen-bond acceptors (Lipinski definition) is 6. The first kappa shape index (κ1) is 34.3. The van der Waals surface area contributed by atoms with Crippen molar-refractivity contribution in [2.45, 2.75) is 26.7 Å². The van der Waals surface area contributed by atoms with Gasteiger partial charge >= 0.3 is 19.8 Å². The first-order valence-electron chi connectivity index (χ1n) is 11.6. The third-order valence-electron chi connectivity index (χ3n) is 5.26. The summed E-state index contributed by atoms with van der Waals surface area (Å²) in [5, 5.41) is 15.3. The summed E-state index contributed by atoms with van der Waals surface area (Å²) >= 11 is 0. The fraction of sp³-hybridized carbons (Fsp3) is 0.462. The molecule has 0 heterocycles. The second-order valence-electron chi connectivity index (χ2n) is 7.96. The van der Waals surface area contributed by atoms with Crippen molar-refractivity contribution in [1.82, 2.24) is 10.6 Å². The molecule has 0 aliphatic heterocycles. The van der Waals surface area contributed by atoms with Crippen molar-refractivity contribution >= 4 is 31.4 Å². The summed E-state index contributed by atoms with van der Waals surface area (Å²) in [6.45, 7) is 8.31. The van der Waals surface area contributed by atoms with Crippen molar-refractivity contribution in [1.29, 1.82) is 0 Å². The first-order chi connectivity index (χ1) is 16.5. The van der Waals surface area contributed by atoms with Crippen LogP contribution >= 0.6 is 0 Å². The molecule has 0 aromatic heterocycles. The molecule has 2 aliphatic carbocycles. The van der Waals surface area contributed by atoms with Crippen molar-refractivity contribution < 1.29 is 43.0 Å². The Bertz CT molecular complexity index is 849. The number of carbonyl (C=O) groups excluding carboxylic acids is 2. The second kappa shape index (κ2) is 19.4. The van der Waals surface area contributed by atoms with Crippen molar-refractivity contribution in [3.8, 4) is 0 Å². The molecule has 0 unspecified atom stereocenters. The van der Waals surface area contributed by atoms with E-state index in [0.29, 0.717) is 22.7 Å². The maximum Gasteiger partial charge on any atom is 3.00 e. The number of rotatable bonds is 15. The zero-order valence-electron chi connectivity index (χ0n) is 21.6. The molecule has 0 amide bonds. The maximum absolute atomic E-state index is 12.0. The molecule has 0 bridgehead atoms. The van der Waals surface area contributed by atoms with E-state index in [1.807, 2.05) is 26.0 Å². The van der Waals surface area contributed by atoms with E-state index in [9.17, 15) is 9.59 Å². The molecule has 0 fully saturated rings. The summed E-state index contributed by atoms with van der Waals surface area (Å²) < 4.78 is 10.3. The van der Waals surface area contributed by atoms with Crippen LogP contribution in [0.5, 0.6) is 0 Å². The molecule has 0 atom stereocenters. The van der Waals surface area contributed by atoms with Gasteiger partial charge in [-0.05, 0) is 37.1 Å². The number of ketones is 2. The van der Waals surface area contributed by atoms with E-state index in [4.69, 9.17) is 9.47 Å². The number of ether oxygens (including phenoxy) is 2. The van der Waals surface area contributed by atoms with Gasteiger partial charge in [-0.2, -0.15) is 13.1 Å². The Morgan fingerprint density at radius 2 is 1.11 bits per heavy atom. The number of hydrogen-bond donors (Lipinski definition) is 2. The summed E-state index contributed by atoms with van der Waals surface area (Å²) in [5.74, 6) is 1.12. The Kier molecular flexibility index (Phi) is 18.5. The summed E-state index contributed by atoms with van der Waals surface area (Å²) in [7, 11) is 3.13. The molecule has 2 rings (SSSR count). The minimum absolute atomic E-state index is 0. The molecule has 0 saturated carbocycles. The van der Waals surface area contributed by atoms with E-state index in [2.05, 4.69) is 21.3 Å². The van der Waals surface area contributed by atoms with Gasteiger partial charge in [0.05, 0.1) is 14.2 Å². The first-order valence-corrected chi connectivity index (χ1v) is 11.6. The van der Waals surface area contributed by atoms with Crippen LogP contribution in [0.3, 0.4) is 0 Å². The largest absolute Gasteiger partial charge is 3.00 e. The molecule has 0 saturated heterocycles. The summed E-state index contributed by atoms with van der Waals surface area (Å²) in [6, 6.07) is 0. The van der Waals surface area contributed by atoms with E-state index in [1.54, 1.807) is 26.6 Å². The molecular weight excluding hydrogens is 626 g/mol. The van der Waals surface area contributed by atoms with Crippen molar-refractivity contribution in [3.63, 3.8) is 0 Å². The molecule has 0 aromatic carbocycles. The Morgan fingerprint density at radius 3 is 1.47 bits per heavy atom. The van der Waals surface area contributed by atoms with Crippen LogP contribution in [0.25, 0.3) is 10.6 Å². The van der Waals surface area contributed by atoms with Crippen molar-refractivity contribution in [3.05, 3.63) is 81.1 Å². The van der Waals surface area contributed by atoms with Gasteiger partial charge in [-0.1, -0.05) is 12.8 Å². The summed E-state index contributed by atoms with van der Waals surface area (Å²) in [6.07, 6.45) is 12.0. The van der Waals surface area contributed by atoms with Gasteiger partial charge in [0.1, 0.15) is 11.5 Å². The molecule has 2 aliphatic rings. The van der Waals surface area contributed by atoms with Crippen LogP contribution < -0.4 is 34.6 Å². The average molecular weight is 662 g/mol. The molecule has 36 heavy (non-hydrogen) atoms. The van der Waals surface area contributed by atoms with Crippen LogP contribution in [-0.2, 0) is 19.1 Å². The molecule has 8 nitrogen and oxygen atoms in total. The molecule has 0 spiro atoms. The fourth-order valence-electron chi connectivity index (χ4n) is 3.36. The number of halogens is 1. The smallest absolute Gasteiger partial charge is 1.00 e. The van der Waals surface area contributed by atoms with Gasteiger partial charge in [0.25, 0.3) is 0 Å². The van der Waals surface area contributed by atoms with E-state index in [0.717, 1.165) is 63.3 Å². The number of methoxy groups -OCH3 is 2. The molecule has 194 valence electrons. The maximum atomic E-state index is 12.0. The van der Waals surface area contributed by atoms with Gasteiger partial charge in [0, 0.05) is 48.8 Å². The van der Waals surface area contributed by atoms with E-state index < -0.39 is 0 Å². The summed E-state index contributed by atoms with van der Waals surface area (Å²) in [5.41, 5.74) is 3.14. The SMILES string of the molecule is COC1=CC(=O)/C(=C\NCCC[N-]CC[N-]CCCN/C=C2\C=C(C)C(OC)=CC2=O)C=C1C.[67Ga+3].[I-]. The molecule has 0 aromatic rings. The van der Waals surface area contributed by atoms with Crippen molar-refractivity contribution in [2.75, 3.05) is 53.5 Å². The normalized spacial score (nSPS) is 17.3. The van der Waals surface area contributed by atoms with Crippen LogP contribution in [0.1, 0.15) is 26.7 Å². The van der Waals surface area contributed by atoms with Gasteiger partial charge in [-0.3, -0.25) is 9.59 Å².